The number of aromatic amines is 1. The molecule has 2 N–H and O–H groups in total. The molecule has 0 atom stereocenters. The lowest BCUT2D eigenvalue weighted by Crippen LogP contribution is -2.27. The van der Waals surface area contributed by atoms with Crippen LogP contribution in [0.2, 0.25) is 0 Å². The molecule has 0 spiro atoms. The molecule has 1 amide bonds. The van der Waals surface area contributed by atoms with Gasteiger partial charge in [0.15, 0.2) is 0 Å². The number of carbonyl (C=O) groups excluding carboxylic acids is 1. The van der Waals surface area contributed by atoms with Gasteiger partial charge in [0.2, 0.25) is 5.91 Å². The standard InChI is InChI=1S/C19H18FN5O/c1-12-3-2-8-25-11-14(22-19(12)25)10-18(26)21-7-6-17-23-15-5-4-13(20)9-16(15)24-17/h2-5,8-9,11H,6-7,10H2,1H3,(H,21,26)(H,23,24). The molecule has 3 aromatic heterocycles. The molecule has 3 heterocycles. The zero-order chi connectivity index (χ0) is 18.1. The highest BCUT2D eigenvalue weighted by atomic mass is 19.1. The Kier molecular flexibility index (Phi) is 4.12. The van der Waals surface area contributed by atoms with E-state index in [-0.39, 0.29) is 18.1 Å². The van der Waals surface area contributed by atoms with E-state index in [1.54, 1.807) is 6.07 Å². The van der Waals surface area contributed by atoms with Crippen molar-refractivity contribution in [2.24, 2.45) is 0 Å². The van der Waals surface area contributed by atoms with E-state index < -0.39 is 0 Å². The molecule has 0 saturated carbocycles. The Hall–Kier alpha value is -3.22. The minimum atomic E-state index is -0.302. The average Bonchev–Trinajstić information content (AvgIpc) is 3.18. The summed E-state index contributed by atoms with van der Waals surface area (Å²) < 4.78 is 15.1. The summed E-state index contributed by atoms with van der Waals surface area (Å²) in [7, 11) is 0. The SMILES string of the molecule is Cc1cccn2cc(CC(=O)NCCc3nc4ccc(F)cc4[nH]3)nc12. The van der Waals surface area contributed by atoms with Gasteiger partial charge in [0.25, 0.3) is 0 Å². The van der Waals surface area contributed by atoms with Crippen LogP contribution in [0.25, 0.3) is 16.7 Å². The molecule has 0 saturated heterocycles. The molecule has 0 bridgehead atoms. The van der Waals surface area contributed by atoms with Gasteiger partial charge in [0, 0.05) is 25.4 Å². The molecule has 7 heteroatoms. The number of hydrogen-bond donors (Lipinski definition) is 2. The summed E-state index contributed by atoms with van der Waals surface area (Å²) in [6.07, 6.45) is 4.57. The van der Waals surface area contributed by atoms with Crippen molar-refractivity contribution in [3.05, 3.63) is 65.6 Å². The smallest absolute Gasteiger partial charge is 0.226 e. The van der Waals surface area contributed by atoms with Crippen molar-refractivity contribution >= 4 is 22.6 Å². The lowest BCUT2D eigenvalue weighted by atomic mass is 10.3. The Bertz CT molecular complexity index is 1100. The molecule has 4 rings (SSSR count). The minimum absolute atomic E-state index is 0.0896. The van der Waals surface area contributed by atoms with Gasteiger partial charge >= 0.3 is 0 Å². The summed E-state index contributed by atoms with van der Waals surface area (Å²) in [5.74, 6) is 0.325. The van der Waals surface area contributed by atoms with Gasteiger partial charge in [-0.05, 0) is 36.8 Å². The number of nitrogens with zero attached hydrogens (tertiary/aromatic N) is 3. The van der Waals surface area contributed by atoms with Crippen LogP contribution in [0, 0.1) is 12.7 Å². The van der Waals surface area contributed by atoms with E-state index in [2.05, 4.69) is 20.3 Å². The number of aryl methyl sites for hydroxylation is 1. The van der Waals surface area contributed by atoms with Crippen LogP contribution in [-0.4, -0.2) is 31.8 Å². The molecule has 0 fully saturated rings. The molecule has 0 aliphatic carbocycles. The number of amides is 1. The maximum absolute atomic E-state index is 13.2. The highest BCUT2D eigenvalue weighted by Gasteiger charge is 2.09. The summed E-state index contributed by atoms with van der Waals surface area (Å²) in [6, 6.07) is 8.37. The third-order valence-electron chi connectivity index (χ3n) is 4.25. The number of pyridine rings is 1. The molecule has 6 nitrogen and oxygen atoms in total. The number of H-pyrrole nitrogens is 1. The highest BCUT2D eigenvalue weighted by molar-refractivity contribution is 5.78. The number of imidazole rings is 2. The summed E-state index contributed by atoms with van der Waals surface area (Å²) in [6.45, 7) is 2.44. The first-order chi connectivity index (χ1) is 12.6. The average molecular weight is 351 g/mol. The van der Waals surface area contributed by atoms with Gasteiger partial charge in [-0.1, -0.05) is 6.07 Å². The number of aromatic nitrogens is 4. The van der Waals surface area contributed by atoms with Crippen LogP contribution in [0.15, 0.2) is 42.7 Å². The Morgan fingerprint density at radius 1 is 1.31 bits per heavy atom. The van der Waals surface area contributed by atoms with Gasteiger partial charge < -0.3 is 14.7 Å². The zero-order valence-electron chi connectivity index (χ0n) is 14.3. The van der Waals surface area contributed by atoms with E-state index >= 15 is 0 Å². The topological polar surface area (TPSA) is 75.1 Å². The maximum Gasteiger partial charge on any atom is 0.226 e. The number of nitrogens with one attached hydrogen (secondary N) is 2. The van der Waals surface area contributed by atoms with Gasteiger partial charge in [0.1, 0.15) is 17.3 Å². The van der Waals surface area contributed by atoms with Crippen LogP contribution in [0.5, 0.6) is 0 Å². The van der Waals surface area contributed by atoms with Crippen molar-refractivity contribution in [3.63, 3.8) is 0 Å². The molecular weight excluding hydrogens is 333 g/mol. The van der Waals surface area contributed by atoms with Gasteiger partial charge in [-0.15, -0.1) is 0 Å². The van der Waals surface area contributed by atoms with Crippen LogP contribution in [0.3, 0.4) is 0 Å². The third-order valence-corrected chi connectivity index (χ3v) is 4.25. The number of benzene rings is 1. The van der Waals surface area contributed by atoms with Crippen LogP contribution < -0.4 is 5.32 Å². The summed E-state index contributed by atoms with van der Waals surface area (Å²) in [5, 5.41) is 2.87. The summed E-state index contributed by atoms with van der Waals surface area (Å²) in [5.41, 5.74) is 4.04. The second-order valence-corrected chi connectivity index (χ2v) is 6.28. The predicted molar refractivity (Wildman–Crippen MR) is 96.4 cm³/mol. The molecule has 4 aromatic rings. The largest absolute Gasteiger partial charge is 0.355 e. The van der Waals surface area contributed by atoms with E-state index in [0.717, 1.165) is 16.9 Å². The van der Waals surface area contributed by atoms with E-state index in [1.807, 2.05) is 35.9 Å². The first-order valence-electron chi connectivity index (χ1n) is 8.42. The Morgan fingerprint density at radius 2 is 2.19 bits per heavy atom. The first kappa shape index (κ1) is 16.3. The van der Waals surface area contributed by atoms with E-state index in [1.165, 1.54) is 12.1 Å². The lowest BCUT2D eigenvalue weighted by Gasteiger charge is -2.02. The number of carbonyl (C=O) groups is 1. The Labute approximate surface area is 149 Å². The normalized spacial score (nSPS) is 11.3. The Morgan fingerprint density at radius 3 is 3.04 bits per heavy atom. The fourth-order valence-corrected chi connectivity index (χ4v) is 2.99. The van der Waals surface area contributed by atoms with Crippen molar-refractivity contribution < 1.29 is 9.18 Å². The quantitative estimate of drug-likeness (QED) is 0.580. The molecule has 0 unspecified atom stereocenters. The van der Waals surface area contributed by atoms with Crippen molar-refractivity contribution in [1.82, 2.24) is 24.7 Å². The van der Waals surface area contributed by atoms with Gasteiger partial charge in [-0.3, -0.25) is 4.79 Å². The molecule has 1 aromatic carbocycles. The molecule has 0 aliphatic heterocycles. The number of fused-ring (bicyclic) bond motifs is 2. The molecule has 132 valence electrons. The third kappa shape index (κ3) is 3.28. The van der Waals surface area contributed by atoms with Crippen LogP contribution >= 0.6 is 0 Å². The Balaban J connectivity index is 1.34. The van der Waals surface area contributed by atoms with Crippen molar-refractivity contribution in [2.75, 3.05) is 6.54 Å². The number of halogens is 1. The monoisotopic (exact) mass is 351 g/mol. The van der Waals surface area contributed by atoms with Gasteiger partial charge in [-0.2, -0.15) is 0 Å². The molecule has 0 aliphatic rings. The first-order valence-corrected chi connectivity index (χ1v) is 8.42. The molecule has 0 radical (unpaired) electrons. The van der Waals surface area contributed by atoms with Crippen molar-refractivity contribution in [1.29, 1.82) is 0 Å². The fourth-order valence-electron chi connectivity index (χ4n) is 2.99. The van der Waals surface area contributed by atoms with Crippen LogP contribution in [0.1, 0.15) is 17.1 Å². The van der Waals surface area contributed by atoms with E-state index in [4.69, 9.17) is 0 Å². The van der Waals surface area contributed by atoms with Gasteiger partial charge in [-0.25, -0.2) is 14.4 Å². The lowest BCUT2D eigenvalue weighted by molar-refractivity contribution is -0.120. The zero-order valence-corrected chi connectivity index (χ0v) is 14.3. The van der Waals surface area contributed by atoms with Crippen LogP contribution in [-0.2, 0) is 17.6 Å². The summed E-state index contributed by atoms with van der Waals surface area (Å²) in [4.78, 5) is 24.1. The summed E-state index contributed by atoms with van der Waals surface area (Å²) >= 11 is 0. The molecule has 26 heavy (non-hydrogen) atoms. The number of hydrogen-bond acceptors (Lipinski definition) is 3. The number of rotatable bonds is 5. The fraction of sp³-hybridized carbons (Fsp3) is 0.211. The maximum atomic E-state index is 13.2. The van der Waals surface area contributed by atoms with Gasteiger partial charge in [0.05, 0.1) is 23.1 Å². The minimum Gasteiger partial charge on any atom is -0.355 e. The van der Waals surface area contributed by atoms with E-state index in [9.17, 15) is 9.18 Å². The van der Waals surface area contributed by atoms with E-state index in [0.29, 0.717) is 29.8 Å². The van der Waals surface area contributed by atoms with Crippen LogP contribution in [0.4, 0.5) is 4.39 Å². The highest BCUT2D eigenvalue weighted by Crippen LogP contribution is 2.13. The second-order valence-electron chi connectivity index (χ2n) is 6.28. The van der Waals surface area contributed by atoms with Crippen molar-refractivity contribution in [2.45, 2.75) is 19.8 Å². The van der Waals surface area contributed by atoms with Crippen molar-refractivity contribution in [3.8, 4) is 0 Å². The predicted octanol–water partition coefficient (Wildman–Crippen LogP) is 2.56. The molecular formula is C19H18FN5O. The second kappa shape index (κ2) is 6.59.